The van der Waals surface area contributed by atoms with Crippen LogP contribution in [-0.4, -0.2) is 40.0 Å². The number of ether oxygens (including phenoxy) is 2. The van der Waals surface area contributed by atoms with E-state index in [1.54, 1.807) is 7.11 Å². The van der Waals surface area contributed by atoms with E-state index in [1.165, 1.54) is 32.1 Å². The second-order valence-corrected chi connectivity index (χ2v) is 4.84. The molecule has 0 aromatic carbocycles. The molecule has 1 N–H and O–H groups in total. The number of hydrogen-bond donors (Lipinski definition) is 1. The minimum absolute atomic E-state index is 0.488. The zero-order valence-corrected chi connectivity index (χ0v) is 10.9. The molecule has 3 nitrogen and oxygen atoms in total. The van der Waals surface area contributed by atoms with Gasteiger partial charge in [0.05, 0.1) is 0 Å². The van der Waals surface area contributed by atoms with E-state index < -0.39 is 0 Å². The van der Waals surface area contributed by atoms with Gasteiger partial charge in [-0.1, -0.05) is 13.3 Å². The van der Waals surface area contributed by atoms with Crippen LogP contribution in [0, 0.1) is 5.41 Å². The van der Waals surface area contributed by atoms with Crippen LogP contribution in [0.25, 0.3) is 0 Å². The third kappa shape index (κ3) is 4.81. The van der Waals surface area contributed by atoms with Crippen molar-refractivity contribution in [2.24, 2.45) is 5.41 Å². The first-order valence-corrected chi connectivity index (χ1v) is 6.60. The van der Waals surface area contributed by atoms with Gasteiger partial charge in [-0.15, -0.1) is 0 Å². The average Bonchev–Trinajstić information content (AvgIpc) is 2.34. The Balaban J connectivity index is 2.30. The van der Waals surface area contributed by atoms with E-state index >= 15 is 0 Å². The van der Waals surface area contributed by atoms with Crippen LogP contribution in [0.1, 0.15) is 39.0 Å². The summed E-state index contributed by atoms with van der Waals surface area (Å²) in [5, 5.41) is 3.51. The van der Waals surface area contributed by atoms with Gasteiger partial charge in [-0.3, -0.25) is 0 Å². The van der Waals surface area contributed by atoms with Crippen molar-refractivity contribution in [2.45, 2.75) is 39.0 Å². The predicted molar refractivity (Wildman–Crippen MR) is 66.8 cm³/mol. The molecule has 1 aliphatic heterocycles. The minimum Gasteiger partial charge on any atom is -0.385 e. The van der Waals surface area contributed by atoms with Crippen molar-refractivity contribution in [3.63, 3.8) is 0 Å². The van der Waals surface area contributed by atoms with Crippen LogP contribution in [0.15, 0.2) is 0 Å². The van der Waals surface area contributed by atoms with Gasteiger partial charge in [-0.05, 0) is 37.6 Å². The molecule has 96 valence electrons. The van der Waals surface area contributed by atoms with Gasteiger partial charge in [-0.2, -0.15) is 0 Å². The van der Waals surface area contributed by atoms with Gasteiger partial charge in [0.25, 0.3) is 0 Å². The van der Waals surface area contributed by atoms with Gasteiger partial charge < -0.3 is 14.8 Å². The summed E-state index contributed by atoms with van der Waals surface area (Å²) < 4.78 is 10.6. The molecule has 0 unspecified atom stereocenters. The quantitative estimate of drug-likeness (QED) is 0.647. The van der Waals surface area contributed by atoms with Gasteiger partial charge in [0.2, 0.25) is 0 Å². The van der Waals surface area contributed by atoms with E-state index in [-0.39, 0.29) is 0 Å². The SMILES string of the molecule is CCNCC1(CCCCOC)CCOCC1. The lowest BCUT2D eigenvalue weighted by Gasteiger charge is -2.37. The Hall–Kier alpha value is -0.120. The molecule has 0 spiro atoms. The van der Waals surface area contributed by atoms with E-state index in [0.29, 0.717) is 5.41 Å². The molecule has 0 radical (unpaired) electrons. The van der Waals surface area contributed by atoms with Crippen molar-refractivity contribution in [1.29, 1.82) is 0 Å². The Morgan fingerprint density at radius 3 is 2.62 bits per heavy atom. The van der Waals surface area contributed by atoms with Gasteiger partial charge in [0.1, 0.15) is 0 Å². The fourth-order valence-electron chi connectivity index (χ4n) is 2.46. The van der Waals surface area contributed by atoms with Crippen molar-refractivity contribution in [1.82, 2.24) is 5.32 Å². The average molecular weight is 229 g/mol. The van der Waals surface area contributed by atoms with Gasteiger partial charge in [0.15, 0.2) is 0 Å². The number of rotatable bonds is 8. The molecule has 1 heterocycles. The number of unbranched alkanes of at least 4 members (excludes halogenated alkanes) is 1. The first kappa shape index (κ1) is 13.9. The summed E-state index contributed by atoms with van der Waals surface area (Å²) in [6.45, 7) is 7.18. The maximum Gasteiger partial charge on any atom is 0.0471 e. The molecule has 0 aromatic rings. The standard InChI is InChI=1S/C13H27NO2/c1-3-14-12-13(6-4-5-9-15-2)7-10-16-11-8-13/h14H,3-12H2,1-2H3. The molecule has 1 aliphatic rings. The normalized spacial score (nSPS) is 19.9. The predicted octanol–water partition coefficient (Wildman–Crippen LogP) is 2.21. The second kappa shape index (κ2) is 8.04. The maximum absolute atomic E-state index is 5.48. The molecular formula is C13H27NO2. The van der Waals surface area contributed by atoms with Crippen molar-refractivity contribution in [2.75, 3.05) is 40.0 Å². The van der Waals surface area contributed by atoms with Crippen molar-refractivity contribution < 1.29 is 9.47 Å². The highest BCUT2D eigenvalue weighted by Crippen LogP contribution is 2.35. The van der Waals surface area contributed by atoms with E-state index in [0.717, 1.165) is 32.9 Å². The first-order valence-electron chi connectivity index (χ1n) is 6.60. The molecule has 0 aromatic heterocycles. The number of nitrogens with one attached hydrogen (secondary N) is 1. The summed E-state index contributed by atoms with van der Waals surface area (Å²) in [5.41, 5.74) is 0.488. The fourth-order valence-corrected chi connectivity index (χ4v) is 2.46. The molecule has 0 atom stereocenters. The van der Waals surface area contributed by atoms with Gasteiger partial charge in [-0.25, -0.2) is 0 Å². The van der Waals surface area contributed by atoms with Crippen LogP contribution >= 0.6 is 0 Å². The van der Waals surface area contributed by atoms with Gasteiger partial charge in [0, 0.05) is 33.5 Å². The minimum atomic E-state index is 0.488. The maximum atomic E-state index is 5.48. The van der Waals surface area contributed by atoms with E-state index in [1.807, 2.05) is 0 Å². The molecule has 0 aliphatic carbocycles. The lowest BCUT2D eigenvalue weighted by atomic mass is 9.76. The van der Waals surface area contributed by atoms with Crippen LogP contribution in [0.3, 0.4) is 0 Å². The van der Waals surface area contributed by atoms with Gasteiger partial charge >= 0.3 is 0 Å². The van der Waals surface area contributed by atoms with Crippen molar-refractivity contribution in [3.05, 3.63) is 0 Å². The molecule has 16 heavy (non-hydrogen) atoms. The fraction of sp³-hybridized carbons (Fsp3) is 1.00. The lowest BCUT2D eigenvalue weighted by molar-refractivity contribution is 0.00867. The van der Waals surface area contributed by atoms with Crippen LogP contribution in [0.2, 0.25) is 0 Å². The largest absolute Gasteiger partial charge is 0.385 e. The van der Waals surface area contributed by atoms with E-state index in [9.17, 15) is 0 Å². The van der Waals surface area contributed by atoms with E-state index in [4.69, 9.17) is 9.47 Å². The monoisotopic (exact) mass is 229 g/mol. The summed E-state index contributed by atoms with van der Waals surface area (Å²) in [6, 6.07) is 0. The summed E-state index contributed by atoms with van der Waals surface area (Å²) >= 11 is 0. The Kier molecular flexibility index (Phi) is 7.01. The topological polar surface area (TPSA) is 30.5 Å². The first-order chi connectivity index (χ1) is 7.83. The van der Waals surface area contributed by atoms with Crippen LogP contribution < -0.4 is 5.32 Å². The Morgan fingerprint density at radius 2 is 2.00 bits per heavy atom. The highest BCUT2D eigenvalue weighted by molar-refractivity contribution is 4.83. The molecule has 0 saturated carbocycles. The summed E-state index contributed by atoms with van der Waals surface area (Å²) in [7, 11) is 1.78. The highest BCUT2D eigenvalue weighted by Gasteiger charge is 2.31. The molecule has 0 amide bonds. The van der Waals surface area contributed by atoms with Crippen molar-refractivity contribution >= 4 is 0 Å². The number of hydrogen-bond acceptors (Lipinski definition) is 3. The van der Waals surface area contributed by atoms with Crippen molar-refractivity contribution in [3.8, 4) is 0 Å². The smallest absolute Gasteiger partial charge is 0.0471 e. The summed E-state index contributed by atoms with van der Waals surface area (Å²) in [6.07, 6.45) is 6.21. The highest BCUT2D eigenvalue weighted by atomic mass is 16.5. The van der Waals surface area contributed by atoms with Crippen LogP contribution in [0.5, 0.6) is 0 Å². The molecule has 3 heteroatoms. The summed E-state index contributed by atoms with van der Waals surface area (Å²) in [5.74, 6) is 0. The molecule has 1 saturated heterocycles. The lowest BCUT2D eigenvalue weighted by Crippen LogP contribution is -2.39. The number of methoxy groups -OCH3 is 1. The molecule has 1 rings (SSSR count). The molecule has 1 fully saturated rings. The van der Waals surface area contributed by atoms with Crippen LogP contribution in [0.4, 0.5) is 0 Å². The van der Waals surface area contributed by atoms with Crippen LogP contribution in [-0.2, 0) is 9.47 Å². The third-order valence-electron chi connectivity index (χ3n) is 3.61. The Labute approximate surface area is 99.9 Å². The zero-order chi connectivity index (χ0) is 11.7. The Bertz CT molecular complexity index is 167. The molecule has 0 bridgehead atoms. The zero-order valence-electron chi connectivity index (χ0n) is 10.9. The summed E-state index contributed by atoms with van der Waals surface area (Å²) in [4.78, 5) is 0. The Morgan fingerprint density at radius 1 is 1.25 bits per heavy atom. The van der Waals surface area contributed by atoms with E-state index in [2.05, 4.69) is 12.2 Å². The second-order valence-electron chi connectivity index (χ2n) is 4.84. The molecular weight excluding hydrogens is 202 g/mol. The third-order valence-corrected chi connectivity index (χ3v) is 3.61.